The van der Waals surface area contributed by atoms with Crippen LogP contribution >= 0.6 is 12.2 Å². The number of nitrogens with two attached hydrogens (primary N) is 1. The quantitative estimate of drug-likeness (QED) is 0.852. The maximum atomic E-state index is 5.77. The smallest absolute Gasteiger partial charge is 0.123 e. The van der Waals surface area contributed by atoms with Gasteiger partial charge in [0.1, 0.15) is 10.7 Å². The molecule has 0 amide bonds. The highest BCUT2D eigenvalue weighted by Gasteiger charge is 2.29. The van der Waals surface area contributed by atoms with Crippen molar-refractivity contribution in [2.24, 2.45) is 5.73 Å². The van der Waals surface area contributed by atoms with Crippen molar-refractivity contribution in [3.8, 4) is 0 Å². The number of pyridine rings is 1. The van der Waals surface area contributed by atoms with Gasteiger partial charge in [-0.2, -0.15) is 0 Å². The Bertz CT molecular complexity index is 491. The second-order valence-electron chi connectivity index (χ2n) is 5.80. The summed E-state index contributed by atoms with van der Waals surface area (Å²) in [6.07, 6.45) is 5.84. The maximum Gasteiger partial charge on any atom is 0.123 e. The summed E-state index contributed by atoms with van der Waals surface area (Å²) in [7, 11) is 0. The molecule has 1 atom stereocenters. The lowest BCUT2D eigenvalue weighted by Gasteiger charge is -2.44. The van der Waals surface area contributed by atoms with Gasteiger partial charge in [-0.15, -0.1) is 0 Å². The van der Waals surface area contributed by atoms with Gasteiger partial charge in [0, 0.05) is 38.4 Å². The van der Waals surface area contributed by atoms with E-state index in [1.807, 2.05) is 6.07 Å². The summed E-state index contributed by atoms with van der Waals surface area (Å²) in [6, 6.07) is 4.80. The number of piperazine rings is 1. The molecule has 0 bridgehead atoms. The Balaban J connectivity index is 1.68. The molecule has 20 heavy (non-hydrogen) atoms. The van der Waals surface area contributed by atoms with Gasteiger partial charge in [-0.1, -0.05) is 24.7 Å². The third kappa shape index (κ3) is 3.00. The van der Waals surface area contributed by atoms with E-state index in [-0.39, 0.29) is 0 Å². The zero-order valence-corrected chi connectivity index (χ0v) is 12.6. The van der Waals surface area contributed by atoms with Crippen molar-refractivity contribution in [3.05, 3.63) is 29.6 Å². The molecule has 2 saturated heterocycles. The fourth-order valence-corrected chi connectivity index (χ4v) is 3.58. The van der Waals surface area contributed by atoms with E-state index in [1.165, 1.54) is 32.4 Å². The molecular formula is C15H22N4S. The monoisotopic (exact) mass is 290 g/mol. The van der Waals surface area contributed by atoms with E-state index < -0.39 is 0 Å². The number of piperidine rings is 1. The topological polar surface area (TPSA) is 45.4 Å². The molecular weight excluding hydrogens is 268 g/mol. The van der Waals surface area contributed by atoms with Gasteiger partial charge in [0.15, 0.2) is 0 Å². The predicted octanol–water partition coefficient (Wildman–Crippen LogP) is 1.39. The average molecular weight is 290 g/mol. The van der Waals surface area contributed by atoms with Crippen LogP contribution in [0.3, 0.4) is 0 Å². The second kappa shape index (κ2) is 6.16. The first-order chi connectivity index (χ1) is 9.74. The molecule has 4 nitrogen and oxygen atoms in total. The molecule has 0 radical (unpaired) electrons. The molecule has 108 valence electrons. The average Bonchev–Trinajstić information content (AvgIpc) is 2.47. The van der Waals surface area contributed by atoms with Crippen molar-refractivity contribution in [3.63, 3.8) is 0 Å². The molecule has 1 unspecified atom stereocenters. The Labute approximate surface area is 126 Å². The van der Waals surface area contributed by atoms with E-state index in [1.54, 1.807) is 6.20 Å². The minimum Gasteiger partial charge on any atom is -0.388 e. The Morgan fingerprint density at radius 2 is 2.25 bits per heavy atom. The summed E-state index contributed by atoms with van der Waals surface area (Å²) >= 11 is 5.10. The fraction of sp³-hybridized carbons (Fsp3) is 0.600. The van der Waals surface area contributed by atoms with Crippen molar-refractivity contribution in [1.29, 1.82) is 0 Å². The summed E-state index contributed by atoms with van der Waals surface area (Å²) in [5, 5.41) is 0. The molecule has 2 N–H and O–H groups in total. The van der Waals surface area contributed by atoms with Crippen LogP contribution in [0, 0.1) is 0 Å². The minimum atomic E-state index is 0.400. The van der Waals surface area contributed by atoms with Crippen molar-refractivity contribution in [1.82, 2.24) is 14.8 Å². The van der Waals surface area contributed by atoms with Gasteiger partial charge in [-0.05, 0) is 31.0 Å². The molecule has 0 saturated carbocycles. The summed E-state index contributed by atoms with van der Waals surface area (Å²) in [5.74, 6) is 0. The molecule has 1 aromatic heterocycles. The first-order valence-electron chi connectivity index (χ1n) is 7.44. The Kier molecular flexibility index (Phi) is 4.29. The number of thiocarbonyl (C=S) groups is 1. The summed E-state index contributed by atoms with van der Waals surface area (Å²) in [6.45, 7) is 5.66. The van der Waals surface area contributed by atoms with Gasteiger partial charge >= 0.3 is 0 Å². The Hall–Kier alpha value is -1.04. The molecule has 3 rings (SSSR count). The van der Waals surface area contributed by atoms with Crippen LogP contribution in [0.4, 0.5) is 0 Å². The second-order valence-corrected chi connectivity index (χ2v) is 6.24. The van der Waals surface area contributed by atoms with Crippen LogP contribution < -0.4 is 5.73 Å². The lowest BCUT2D eigenvalue weighted by atomic mass is 9.99. The van der Waals surface area contributed by atoms with Crippen molar-refractivity contribution in [2.75, 3.05) is 26.2 Å². The van der Waals surface area contributed by atoms with E-state index in [2.05, 4.69) is 20.9 Å². The molecule has 1 aromatic rings. The van der Waals surface area contributed by atoms with Crippen LogP contribution in [-0.4, -0.2) is 52.0 Å². The van der Waals surface area contributed by atoms with E-state index in [0.717, 1.165) is 36.9 Å². The van der Waals surface area contributed by atoms with Gasteiger partial charge in [0.2, 0.25) is 0 Å². The standard InChI is InChI=1S/C15H22N4S/c16-15(20)14-12(4-3-6-17-14)10-18-8-9-19-7-2-1-5-13(19)11-18/h3-4,6,13H,1-2,5,7-11H2,(H2,16,20). The fourth-order valence-electron chi connectivity index (χ4n) is 3.39. The SMILES string of the molecule is NC(=S)c1ncccc1CN1CCN2CCCCC2C1. The summed E-state index contributed by atoms with van der Waals surface area (Å²) in [5.41, 5.74) is 7.71. The highest BCUT2D eigenvalue weighted by Crippen LogP contribution is 2.22. The van der Waals surface area contributed by atoms with E-state index in [9.17, 15) is 0 Å². The summed E-state index contributed by atoms with van der Waals surface area (Å²) < 4.78 is 0. The molecule has 2 fully saturated rings. The van der Waals surface area contributed by atoms with Crippen LogP contribution in [-0.2, 0) is 6.54 Å². The molecule has 3 heterocycles. The lowest BCUT2D eigenvalue weighted by molar-refractivity contribution is 0.0456. The van der Waals surface area contributed by atoms with Gasteiger partial charge in [-0.25, -0.2) is 0 Å². The zero-order chi connectivity index (χ0) is 13.9. The van der Waals surface area contributed by atoms with Gasteiger partial charge in [0.05, 0.1) is 0 Å². The van der Waals surface area contributed by atoms with Gasteiger partial charge in [0.25, 0.3) is 0 Å². The third-order valence-electron chi connectivity index (χ3n) is 4.44. The van der Waals surface area contributed by atoms with Crippen molar-refractivity contribution in [2.45, 2.75) is 31.8 Å². The number of hydrogen-bond acceptors (Lipinski definition) is 4. The predicted molar refractivity (Wildman–Crippen MR) is 84.6 cm³/mol. The van der Waals surface area contributed by atoms with Crippen molar-refractivity contribution >= 4 is 17.2 Å². The number of hydrogen-bond donors (Lipinski definition) is 1. The molecule has 2 aliphatic heterocycles. The zero-order valence-electron chi connectivity index (χ0n) is 11.8. The highest BCUT2D eigenvalue weighted by molar-refractivity contribution is 7.80. The number of rotatable bonds is 3. The van der Waals surface area contributed by atoms with E-state index in [4.69, 9.17) is 18.0 Å². The Morgan fingerprint density at radius 1 is 1.35 bits per heavy atom. The Morgan fingerprint density at radius 3 is 3.10 bits per heavy atom. The first kappa shape index (κ1) is 13.9. The summed E-state index contributed by atoms with van der Waals surface area (Å²) in [4.78, 5) is 9.89. The van der Waals surface area contributed by atoms with Crippen LogP contribution in [0.15, 0.2) is 18.3 Å². The van der Waals surface area contributed by atoms with E-state index in [0.29, 0.717) is 4.99 Å². The highest BCUT2D eigenvalue weighted by atomic mass is 32.1. The van der Waals surface area contributed by atoms with Crippen LogP contribution in [0.2, 0.25) is 0 Å². The van der Waals surface area contributed by atoms with Crippen LogP contribution in [0.25, 0.3) is 0 Å². The number of nitrogens with zero attached hydrogens (tertiary/aromatic N) is 3. The van der Waals surface area contributed by atoms with Crippen LogP contribution in [0.1, 0.15) is 30.5 Å². The number of aromatic nitrogens is 1. The third-order valence-corrected chi connectivity index (χ3v) is 4.63. The first-order valence-corrected chi connectivity index (χ1v) is 7.85. The van der Waals surface area contributed by atoms with E-state index >= 15 is 0 Å². The lowest BCUT2D eigenvalue weighted by Crippen LogP contribution is -2.54. The molecule has 5 heteroatoms. The van der Waals surface area contributed by atoms with Crippen LogP contribution in [0.5, 0.6) is 0 Å². The molecule has 0 spiro atoms. The van der Waals surface area contributed by atoms with Crippen molar-refractivity contribution < 1.29 is 0 Å². The van der Waals surface area contributed by atoms with Gasteiger partial charge in [-0.3, -0.25) is 14.8 Å². The molecule has 0 aromatic carbocycles. The van der Waals surface area contributed by atoms with Gasteiger partial charge < -0.3 is 5.73 Å². The maximum absolute atomic E-state index is 5.77. The molecule has 2 aliphatic rings. The number of fused-ring (bicyclic) bond motifs is 1. The normalized spacial score (nSPS) is 24.3. The minimum absolute atomic E-state index is 0.400. The molecule has 0 aliphatic carbocycles. The largest absolute Gasteiger partial charge is 0.388 e.